The number of rotatable bonds is 3. The Balaban J connectivity index is 1.98. The van der Waals surface area contributed by atoms with E-state index in [4.69, 9.17) is 27.9 Å². The molecular weight excluding hydrogens is 293 g/mol. The van der Waals surface area contributed by atoms with Gasteiger partial charge in [0.15, 0.2) is 0 Å². The third-order valence-corrected chi connectivity index (χ3v) is 4.38. The van der Waals surface area contributed by atoms with Crippen LogP contribution in [0.5, 0.6) is 0 Å². The Bertz CT molecular complexity index is 642. The van der Waals surface area contributed by atoms with E-state index in [1.807, 2.05) is 25.2 Å². The van der Waals surface area contributed by atoms with Crippen molar-refractivity contribution in [2.24, 2.45) is 0 Å². The third-order valence-electron chi connectivity index (χ3n) is 3.64. The normalized spacial score (nSPS) is 15.2. The maximum Gasteiger partial charge on any atom is 0.0725 e. The van der Waals surface area contributed by atoms with Gasteiger partial charge in [0.1, 0.15) is 0 Å². The fourth-order valence-electron chi connectivity index (χ4n) is 2.59. The van der Waals surface area contributed by atoms with E-state index < -0.39 is 0 Å². The summed E-state index contributed by atoms with van der Waals surface area (Å²) in [6.45, 7) is 1.41. The molecule has 2 aromatic carbocycles. The summed E-state index contributed by atoms with van der Waals surface area (Å²) in [5.74, 6) is 0. The minimum Gasteiger partial charge on any atom is -0.372 e. The van der Waals surface area contributed by atoms with E-state index in [9.17, 15) is 0 Å². The number of hydrogen-bond donors (Lipinski definition) is 1. The van der Waals surface area contributed by atoms with Gasteiger partial charge in [-0.15, -0.1) is 0 Å². The molecule has 0 bridgehead atoms. The first kappa shape index (κ1) is 13.9. The van der Waals surface area contributed by atoms with Crippen molar-refractivity contribution in [2.75, 3.05) is 7.05 Å². The Morgan fingerprint density at radius 2 is 1.65 bits per heavy atom. The molecule has 0 fully saturated rings. The largest absolute Gasteiger partial charge is 0.372 e. The van der Waals surface area contributed by atoms with Crippen LogP contribution in [-0.2, 0) is 18.0 Å². The molecule has 0 saturated carbocycles. The van der Waals surface area contributed by atoms with Crippen molar-refractivity contribution in [3.8, 4) is 0 Å². The summed E-state index contributed by atoms with van der Waals surface area (Å²) >= 11 is 12.1. The molecule has 20 heavy (non-hydrogen) atoms. The molecule has 0 aliphatic carbocycles. The predicted molar refractivity (Wildman–Crippen MR) is 82.3 cm³/mol. The van der Waals surface area contributed by atoms with E-state index in [-0.39, 0.29) is 6.04 Å². The maximum atomic E-state index is 6.12. The number of fused-ring (bicyclic) bond motifs is 1. The summed E-state index contributed by atoms with van der Waals surface area (Å²) in [7, 11) is 1.94. The minimum absolute atomic E-state index is 0.0932. The molecule has 1 heterocycles. The number of hydrogen-bond acceptors (Lipinski definition) is 2. The lowest BCUT2D eigenvalue weighted by Crippen LogP contribution is -2.17. The van der Waals surface area contributed by atoms with E-state index in [1.54, 1.807) is 0 Å². The quantitative estimate of drug-likeness (QED) is 0.911. The monoisotopic (exact) mass is 307 g/mol. The van der Waals surface area contributed by atoms with E-state index in [2.05, 4.69) is 23.5 Å². The lowest BCUT2D eigenvalue weighted by molar-refractivity contribution is 0.134. The first-order chi connectivity index (χ1) is 9.69. The van der Waals surface area contributed by atoms with Gasteiger partial charge >= 0.3 is 0 Å². The van der Waals surface area contributed by atoms with Crippen LogP contribution in [0.4, 0.5) is 0 Å². The van der Waals surface area contributed by atoms with Crippen LogP contribution >= 0.6 is 23.2 Å². The molecule has 3 rings (SSSR count). The molecule has 0 aromatic heterocycles. The van der Waals surface area contributed by atoms with Gasteiger partial charge in [0, 0.05) is 0 Å². The molecule has 1 atom stereocenters. The van der Waals surface area contributed by atoms with Gasteiger partial charge in [-0.3, -0.25) is 0 Å². The van der Waals surface area contributed by atoms with E-state index >= 15 is 0 Å². The van der Waals surface area contributed by atoms with Gasteiger partial charge in [-0.25, -0.2) is 0 Å². The summed E-state index contributed by atoms with van der Waals surface area (Å²) in [6.07, 6.45) is 0. The predicted octanol–water partition coefficient (Wildman–Crippen LogP) is 4.33. The summed E-state index contributed by atoms with van der Waals surface area (Å²) in [6, 6.07) is 12.3. The van der Waals surface area contributed by atoms with Crippen molar-refractivity contribution in [3.05, 3.63) is 68.7 Å². The van der Waals surface area contributed by atoms with Crippen LogP contribution in [0.1, 0.15) is 28.3 Å². The second-order valence-corrected chi connectivity index (χ2v) is 5.73. The van der Waals surface area contributed by atoms with Crippen LogP contribution in [0.15, 0.2) is 36.4 Å². The molecule has 1 aliphatic rings. The molecule has 1 unspecified atom stereocenters. The second-order valence-electron chi connectivity index (χ2n) is 4.92. The summed E-state index contributed by atoms with van der Waals surface area (Å²) < 4.78 is 5.46. The SMILES string of the molecule is CNC(c1ccc(Cl)c(Cl)c1)c1ccc2c(c1)COC2. The van der Waals surface area contributed by atoms with Gasteiger partial charge in [-0.05, 0) is 41.4 Å². The molecule has 1 aliphatic heterocycles. The Hall–Kier alpha value is -1.06. The average molecular weight is 308 g/mol. The van der Waals surface area contributed by atoms with Gasteiger partial charge in [-0.2, -0.15) is 0 Å². The van der Waals surface area contributed by atoms with E-state index in [1.165, 1.54) is 16.7 Å². The van der Waals surface area contributed by atoms with Gasteiger partial charge in [-0.1, -0.05) is 47.5 Å². The van der Waals surface area contributed by atoms with Crippen molar-refractivity contribution in [1.82, 2.24) is 5.32 Å². The highest BCUT2D eigenvalue weighted by atomic mass is 35.5. The molecule has 1 N–H and O–H groups in total. The maximum absolute atomic E-state index is 6.12. The molecule has 2 nitrogen and oxygen atoms in total. The molecule has 2 aromatic rings. The molecular formula is C16H15Cl2NO. The van der Waals surface area contributed by atoms with Crippen molar-refractivity contribution in [1.29, 1.82) is 0 Å². The second kappa shape index (κ2) is 5.74. The highest BCUT2D eigenvalue weighted by Gasteiger charge is 2.17. The van der Waals surface area contributed by atoms with Gasteiger partial charge < -0.3 is 10.1 Å². The molecule has 0 radical (unpaired) electrons. The average Bonchev–Trinajstić information content (AvgIpc) is 2.91. The fourth-order valence-corrected chi connectivity index (χ4v) is 2.90. The number of halogens is 2. The molecule has 4 heteroatoms. The van der Waals surface area contributed by atoms with Crippen LogP contribution in [0.2, 0.25) is 10.0 Å². The van der Waals surface area contributed by atoms with Gasteiger partial charge in [0.25, 0.3) is 0 Å². The Kier molecular flexibility index (Phi) is 3.99. The van der Waals surface area contributed by atoms with E-state index in [0.29, 0.717) is 23.3 Å². The topological polar surface area (TPSA) is 21.3 Å². The first-order valence-corrected chi connectivity index (χ1v) is 7.26. The van der Waals surface area contributed by atoms with Gasteiger partial charge in [0.2, 0.25) is 0 Å². The number of benzene rings is 2. The lowest BCUT2D eigenvalue weighted by Gasteiger charge is -2.18. The lowest BCUT2D eigenvalue weighted by atomic mass is 9.96. The molecule has 0 amide bonds. The number of ether oxygens (including phenoxy) is 1. The summed E-state index contributed by atoms with van der Waals surface area (Å²) in [5.41, 5.74) is 4.84. The van der Waals surface area contributed by atoms with Crippen molar-refractivity contribution in [3.63, 3.8) is 0 Å². The molecule has 0 spiro atoms. The summed E-state index contributed by atoms with van der Waals surface area (Å²) in [4.78, 5) is 0. The standard InChI is InChI=1S/C16H15Cl2NO/c1-19-16(11-4-5-14(17)15(18)7-11)10-2-3-12-8-20-9-13(12)6-10/h2-7,16,19H,8-9H2,1H3. The van der Waals surface area contributed by atoms with Crippen LogP contribution in [0, 0.1) is 0 Å². The molecule has 0 saturated heterocycles. The van der Waals surface area contributed by atoms with Crippen molar-refractivity contribution in [2.45, 2.75) is 19.3 Å². The zero-order valence-corrected chi connectivity index (χ0v) is 12.6. The van der Waals surface area contributed by atoms with Crippen LogP contribution < -0.4 is 5.32 Å². The van der Waals surface area contributed by atoms with Crippen molar-refractivity contribution >= 4 is 23.2 Å². The third kappa shape index (κ3) is 2.57. The van der Waals surface area contributed by atoms with Crippen LogP contribution in [0.25, 0.3) is 0 Å². The summed E-state index contributed by atoms with van der Waals surface area (Å²) in [5, 5.41) is 4.48. The minimum atomic E-state index is 0.0932. The van der Waals surface area contributed by atoms with Crippen LogP contribution in [-0.4, -0.2) is 7.05 Å². The van der Waals surface area contributed by atoms with Crippen molar-refractivity contribution < 1.29 is 4.74 Å². The highest BCUT2D eigenvalue weighted by Crippen LogP contribution is 2.30. The smallest absolute Gasteiger partial charge is 0.0725 e. The van der Waals surface area contributed by atoms with Crippen LogP contribution in [0.3, 0.4) is 0 Å². The zero-order chi connectivity index (χ0) is 14.1. The Morgan fingerprint density at radius 1 is 0.950 bits per heavy atom. The van der Waals surface area contributed by atoms with Gasteiger partial charge in [0.05, 0.1) is 29.3 Å². The highest BCUT2D eigenvalue weighted by molar-refractivity contribution is 6.42. The van der Waals surface area contributed by atoms with E-state index in [0.717, 1.165) is 5.56 Å². The first-order valence-electron chi connectivity index (χ1n) is 6.50. The Morgan fingerprint density at radius 3 is 2.40 bits per heavy atom. The zero-order valence-electron chi connectivity index (χ0n) is 11.1. The Labute approximate surface area is 128 Å². The number of nitrogens with one attached hydrogen (secondary N) is 1. The molecule has 104 valence electrons. The fraction of sp³-hybridized carbons (Fsp3) is 0.250.